The Bertz CT molecular complexity index is 678. The molecule has 0 atom stereocenters. The zero-order valence-electron chi connectivity index (χ0n) is 12.8. The van der Waals surface area contributed by atoms with E-state index in [9.17, 15) is 13.2 Å². The Morgan fingerprint density at radius 2 is 2.18 bits per heavy atom. The van der Waals surface area contributed by atoms with E-state index < -0.39 is 10.0 Å². The molecule has 1 aromatic heterocycles. The Morgan fingerprint density at radius 3 is 2.82 bits per heavy atom. The van der Waals surface area contributed by atoms with Gasteiger partial charge in [-0.3, -0.25) is 9.52 Å². The number of carbonyl (C=O) groups excluding carboxylic acids is 1. The molecule has 1 aliphatic carbocycles. The van der Waals surface area contributed by atoms with Gasteiger partial charge in [0.25, 0.3) is 5.91 Å². The molecule has 1 amide bonds. The molecule has 0 spiro atoms. The van der Waals surface area contributed by atoms with Gasteiger partial charge in [-0.25, -0.2) is 13.4 Å². The number of hydrogen-bond acceptors (Lipinski definition) is 5. The van der Waals surface area contributed by atoms with Crippen LogP contribution in [0.25, 0.3) is 0 Å². The number of carbonyl (C=O) groups is 1. The summed E-state index contributed by atoms with van der Waals surface area (Å²) in [6.07, 6.45) is 8.94. The molecule has 122 valence electrons. The van der Waals surface area contributed by atoms with Crippen molar-refractivity contribution in [3.63, 3.8) is 0 Å². The van der Waals surface area contributed by atoms with E-state index in [0.29, 0.717) is 17.1 Å². The fraction of sp³-hybridized carbons (Fsp3) is 0.571. The molecule has 0 aliphatic heterocycles. The molecule has 0 radical (unpaired) electrons. The number of anilines is 1. The minimum absolute atomic E-state index is 0.201. The quantitative estimate of drug-likeness (QED) is 0.777. The molecule has 6 nitrogen and oxygen atoms in total. The second-order valence-electron chi connectivity index (χ2n) is 5.42. The maximum Gasteiger partial charge on any atom is 0.263 e. The summed E-state index contributed by atoms with van der Waals surface area (Å²) in [5.41, 5.74) is 1.94. The lowest BCUT2D eigenvalue weighted by Crippen LogP contribution is -2.24. The lowest BCUT2D eigenvalue weighted by atomic mass is 9.97. The van der Waals surface area contributed by atoms with E-state index in [1.807, 2.05) is 0 Å². The summed E-state index contributed by atoms with van der Waals surface area (Å²) in [6.45, 7) is 2.29. The number of sulfonamides is 1. The van der Waals surface area contributed by atoms with E-state index in [2.05, 4.69) is 21.1 Å². The molecule has 2 N–H and O–H groups in total. The van der Waals surface area contributed by atoms with Crippen LogP contribution in [-0.2, 0) is 10.0 Å². The molecule has 0 bridgehead atoms. The topological polar surface area (TPSA) is 88.2 Å². The van der Waals surface area contributed by atoms with Gasteiger partial charge in [0, 0.05) is 6.54 Å². The lowest BCUT2D eigenvalue weighted by molar-refractivity contribution is 0.0957. The van der Waals surface area contributed by atoms with Crippen molar-refractivity contribution >= 4 is 32.4 Å². The third-order valence-electron chi connectivity index (χ3n) is 3.39. The summed E-state index contributed by atoms with van der Waals surface area (Å²) in [5.74, 6) is -0.201. The van der Waals surface area contributed by atoms with Gasteiger partial charge in [0.1, 0.15) is 4.88 Å². The summed E-state index contributed by atoms with van der Waals surface area (Å²) >= 11 is 1.05. The SMILES string of the molecule is Cc1nc(NS(C)(=O)=O)sc1C(=O)NCCC1=CCCCC1. The van der Waals surface area contributed by atoms with Gasteiger partial charge in [0.05, 0.1) is 11.9 Å². The molecule has 0 aromatic carbocycles. The van der Waals surface area contributed by atoms with Crippen molar-refractivity contribution in [2.75, 3.05) is 17.5 Å². The van der Waals surface area contributed by atoms with E-state index in [1.54, 1.807) is 6.92 Å². The first-order valence-electron chi connectivity index (χ1n) is 7.26. The van der Waals surface area contributed by atoms with E-state index in [0.717, 1.165) is 36.9 Å². The second kappa shape index (κ2) is 7.23. The number of nitrogens with zero attached hydrogens (tertiary/aromatic N) is 1. The highest BCUT2D eigenvalue weighted by Gasteiger charge is 2.16. The van der Waals surface area contributed by atoms with Gasteiger partial charge in [-0.05, 0) is 39.0 Å². The number of amides is 1. The first-order valence-corrected chi connectivity index (χ1v) is 9.97. The number of allylic oxidation sites excluding steroid dienone is 1. The molecule has 1 aliphatic rings. The molecule has 0 saturated carbocycles. The molecule has 22 heavy (non-hydrogen) atoms. The molecule has 2 rings (SSSR count). The Kier molecular flexibility index (Phi) is 5.57. The Labute approximate surface area is 135 Å². The van der Waals surface area contributed by atoms with Crippen LogP contribution in [0.4, 0.5) is 5.13 Å². The molecule has 1 aromatic rings. The minimum Gasteiger partial charge on any atom is -0.351 e. The van der Waals surface area contributed by atoms with Crippen molar-refractivity contribution in [3.8, 4) is 0 Å². The highest BCUT2D eigenvalue weighted by molar-refractivity contribution is 7.92. The van der Waals surface area contributed by atoms with Crippen molar-refractivity contribution in [1.82, 2.24) is 10.3 Å². The van der Waals surface area contributed by atoms with Crippen molar-refractivity contribution in [2.24, 2.45) is 0 Å². The van der Waals surface area contributed by atoms with Crippen LogP contribution in [0.3, 0.4) is 0 Å². The van der Waals surface area contributed by atoms with E-state index in [1.165, 1.54) is 18.4 Å². The summed E-state index contributed by atoms with van der Waals surface area (Å²) < 4.78 is 24.7. The largest absolute Gasteiger partial charge is 0.351 e. The van der Waals surface area contributed by atoms with Crippen molar-refractivity contribution in [1.29, 1.82) is 0 Å². The summed E-state index contributed by atoms with van der Waals surface area (Å²) in [6, 6.07) is 0. The zero-order valence-corrected chi connectivity index (χ0v) is 14.4. The van der Waals surface area contributed by atoms with E-state index in [-0.39, 0.29) is 11.0 Å². The van der Waals surface area contributed by atoms with Crippen LogP contribution in [0.5, 0.6) is 0 Å². The standard InChI is InChI=1S/C14H21N3O3S2/c1-10-12(21-14(16-10)17-22(2,19)20)13(18)15-9-8-11-6-4-3-5-7-11/h6H,3-5,7-9H2,1-2H3,(H,15,18)(H,16,17). The first kappa shape index (κ1) is 17.0. The van der Waals surface area contributed by atoms with E-state index >= 15 is 0 Å². The molecule has 0 fully saturated rings. The number of thiazole rings is 1. The molecular weight excluding hydrogens is 322 g/mol. The maximum absolute atomic E-state index is 12.1. The Hall–Kier alpha value is -1.41. The number of nitrogens with one attached hydrogen (secondary N) is 2. The summed E-state index contributed by atoms with van der Waals surface area (Å²) in [7, 11) is -3.38. The first-order chi connectivity index (χ1) is 10.3. The van der Waals surface area contributed by atoms with Gasteiger partial charge >= 0.3 is 0 Å². The number of aryl methyl sites for hydroxylation is 1. The monoisotopic (exact) mass is 343 g/mol. The van der Waals surface area contributed by atoms with Crippen LogP contribution < -0.4 is 10.0 Å². The van der Waals surface area contributed by atoms with Gasteiger partial charge in [0.2, 0.25) is 10.0 Å². The third-order valence-corrected chi connectivity index (χ3v) is 5.16. The smallest absolute Gasteiger partial charge is 0.263 e. The van der Waals surface area contributed by atoms with Crippen LogP contribution in [-0.4, -0.2) is 32.1 Å². The number of hydrogen-bond donors (Lipinski definition) is 2. The molecule has 8 heteroatoms. The second-order valence-corrected chi connectivity index (χ2v) is 8.17. The number of aromatic nitrogens is 1. The van der Waals surface area contributed by atoms with Gasteiger partial charge < -0.3 is 5.32 Å². The van der Waals surface area contributed by atoms with E-state index in [4.69, 9.17) is 0 Å². The summed E-state index contributed by atoms with van der Waals surface area (Å²) in [5, 5.41) is 3.10. The van der Waals surface area contributed by atoms with Gasteiger partial charge in [-0.1, -0.05) is 23.0 Å². The van der Waals surface area contributed by atoms with Crippen molar-refractivity contribution in [2.45, 2.75) is 39.0 Å². The Morgan fingerprint density at radius 1 is 1.41 bits per heavy atom. The van der Waals surface area contributed by atoms with Crippen LogP contribution in [0, 0.1) is 6.92 Å². The predicted octanol–water partition coefficient (Wildman–Crippen LogP) is 2.44. The summed E-state index contributed by atoms with van der Waals surface area (Å²) in [4.78, 5) is 16.7. The number of rotatable bonds is 6. The van der Waals surface area contributed by atoms with Gasteiger partial charge in [0.15, 0.2) is 5.13 Å². The predicted molar refractivity (Wildman–Crippen MR) is 88.8 cm³/mol. The van der Waals surface area contributed by atoms with Crippen molar-refractivity contribution in [3.05, 3.63) is 22.2 Å². The normalized spacial score (nSPS) is 15.3. The third kappa shape index (κ3) is 5.10. The Balaban J connectivity index is 1.90. The van der Waals surface area contributed by atoms with Crippen molar-refractivity contribution < 1.29 is 13.2 Å². The molecule has 0 unspecified atom stereocenters. The average molecular weight is 343 g/mol. The van der Waals surface area contributed by atoms with Crippen LogP contribution >= 0.6 is 11.3 Å². The fourth-order valence-electron chi connectivity index (χ4n) is 2.36. The van der Waals surface area contributed by atoms with Crippen LogP contribution in [0.2, 0.25) is 0 Å². The minimum atomic E-state index is -3.38. The van der Waals surface area contributed by atoms with Gasteiger partial charge in [-0.15, -0.1) is 0 Å². The highest BCUT2D eigenvalue weighted by Crippen LogP contribution is 2.23. The lowest BCUT2D eigenvalue weighted by Gasteiger charge is -2.12. The average Bonchev–Trinajstić information content (AvgIpc) is 2.78. The molecule has 1 heterocycles. The highest BCUT2D eigenvalue weighted by atomic mass is 32.2. The van der Waals surface area contributed by atoms with Gasteiger partial charge in [-0.2, -0.15) is 0 Å². The zero-order chi connectivity index (χ0) is 16.2. The fourth-order valence-corrected chi connectivity index (χ4v) is 4.08. The maximum atomic E-state index is 12.1. The van der Waals surface area contributed by atoms with Crippen LogP contribution in [0.15, 0.2) is 11.6 Å². The molecule has 0 saturated heterocycles. The molecular formula is C14H21N3O3S2. The van der Waals surface area contributed by atoms with Crippen LogP contribution in [0.1, 0.15) is 47.5 Å².